The van der Waals surface area contributed by atoms with Gasteiger partial charge in [-0.2, -0.15) is 0 Å². The van der Waals surface area contributed by atoms with Crippen LogP contribution in [0, 0.1) is 12.7 Å². The second-order valence-electron chi connectivity index (χ2n) is 4.41. The molecule has 0 saturated heterocycles. The molecule has 0 aliphatic carbocycles. The van der Waals surface area contributed by atoms with Crippen LogP contribution in [0.3, 0.4) is 0 Å². The largest absolute Gasteiger partial charge is 0.366 e. The standard InChI is InChI=1S/C14H12FN3O3/c1-7-4-12(19)10(6-17-7)14(21)18-8-2-3-11(15)9(5-8)13(16)20/h2-6H,1H3,(H2,16,20)(H,17,19)(H,18,21). The van der Waals surface area contributed by atoms with Crippen molar-refractivity contribution in [3.05, 3.63) is 63.3 Å². The van der Waals surface area contributed by atoms with E-state index in [0.717, 1.165) is 12.1 Å². The molecular weight excluding hydrogens is 277 g/mol. The Morgan fingerprint density at radius 3 is 2.57 bits per heavy atom. The molecule has 0 aliphatic heterocycles. The van der Waals surface area contributed by atoms with E-state index in [0.29, 0.717) is 5.69 Å². The van der Waals surface area contributed by atoms with E-state index in [1.165, 1.54) is 18.3 Å². The van der Waals surface area contributed by atoms with Crippen molar-refractivity contribution in [3.63, 3.8) is 0 Å². The van der Waals surface area contributed by atoms with Gasteiger partial charge in [0.1, 0.15) is 11.4 Å². The summed E-state index contributed by atoms with van der Waals surface area (Å²) in [5, 5.41) is 2.41. The molecule has 1 aromatic heterocycles. The Morgan fingerprint density at radius 2 is 1.95 bits per heavy atom. The third kappa shape index (κ3) is 3.14. The van der Waals surface area contributed by atoms with Crippen LogP contribution in [-0.2, 0) is 0 Å². The van der Waals surface area contributed by atoms with Crippen molar-refractivity contribution < 1.29 is 14.0 Å². The Balaban J connectivity index is 2.29. The van der Waals surface area contributed by atoms with E-state index in [1.54, 1.807) is 6.92 Å². The molecule has 0 fully saturated rings. The van der Waals surface area contributed by atoms with Crippen LogP contribution in [0.1, 0.15) is 26.4 Å². The summed E-state index contributed by atoms with van der Waals surface area (Å²) >= 11 is 0. The third-order valence-electron chi connectivity index (χ3n) is 2.79. The number of aryl methyl sites for hydroxylation is 1. The number of hydrogen-bond donors (Lipinski definition) is 3. The van der Waals surface area contributed by atoms with Crippen LogP contribution in [0.4, 0.5) is 10.1 Å². The summed E-state index contributed by atoms with van der Waals surface area (Å²) in [6.45, 7) is 1.68. The predicted octanol–water partition coefficient (Wildman–Crippen LogP) is 1.17. The number of nitrogens with two attached hydrogens (primary N) is 1. The molecule has 0 spiro atoms. The van der Waals surface area contributed by atoms with Crippen LogP contribution >= 0.6 is 0 Å². The fourth-order valence-corrected chi connectivity index (χ4v) is 1.74. The average Bonchev–Trinajstić information content (AvgIpc) is 2.40. The van der Waals surface area contributed by atoms with Gasteiger partial charge in [-0.05, 0) is 25.1 Å². The number of anilines is 1. The second-order valence-corrected chi connectivity index (χ2v) is 4.41. The van der Waals surface area contributed by atoms with Crippen molar-refractivity contribution in [3.8, 4) is 0 Å². The molecule has 1 aromatic carbocycles. The molecule has 21 heavy (non-hydrogen) atoms. The van der Waals surface area contributed by atoms with Gasteiger partial charge in [0, 0.05) is 23.6 Å². The zero-order valence-electron chi connectivity index (χ0n) is 11.1. The number of carbonyl (C=O) groups is 2. The molecule has 0 radical (unpaired) electrons. The normalized spacial score (nSPS) is 10.2. The quantitative estimate of drug-likeness (QED) is 0.789. The lowest BCUT2D eigenvalue weighted by Gasteiger charge is -2.07. The van der Waals surface area contributed by atoms with Crippen molar-refractivity contribution >= 4 is 17.5 Å². The molecule has 0 bridgehead atoms. The Kier molecular flexibility index (Phi) is 3.84. The van der Waals surface area contributed by atoms with Crippen molar-refractivity contribution in [2.24, 2.45) is 5.73 Å². The maximum Gasteiger partial charge on any atom is 0.261 e. The van der Waals surface area contributed by atoms with Gasteiger partial charge in [-0.25, -0.2) is 4.39 Å². The topological polar surface area (TPSA) is 105 Å². The number of amides is 2. The lowest BCUT2D eigenvalue weighted by Crippen LogP contribution is -2.22. The summed E-state index contributed by atoms with van der Waals surface area (Å²) in [5.41, 5.74) is 4.92. The van der Waals surface area contributed by atoms with Crippen LogP contribution in [0.2, 0.25) is 0 Å². The van der Waals surface area contributed by atoms with E-state index in [4.69, 9.17) is 5.73 Å². The molecular formula is C14H12FN3O3. The Hall–Kier alpha value is -2.96. The first-order valence-electron chi connectivity index (χ1n) is 5.98. The van der Waals surface area contributed by atoms with Gasteiger partial charge in [0.05, 0.1) is 5.56 Å². The number of rotatable bonds is 3. The molecule has 0 unspecified atom stereocenters. The lowest BCUT2D eigenvalue weighted by atomic mass is 10.1. The Bertz CT molecular complexity index is 783. The molecule has 108 valence electrons. The van der Waals surface area contributed by atoms with E-state index in [9.17, 15) is 18.8 Å². The predicted molar refractivity (Wildman–Crippen MR) is 74.7 cm³/mol. The van der Waals surface area contributed by atoms with Crippen LogP contribution in [0.5, 0.6) is 0 Å². The van der Waals surface area contributed by atoms with Gasteiger partial charge in [-0.15, -0.1) is 0 Å². The van der Waals surface area contributed by atoms with Crippen molar-refractivity contribution in [2.45, 2.75) is 6.92 Å². The first kappa shape index (κ1) is 14.4. The van der Waals surface area contributed by atoms with Crippen LogP contribution in [-0.4, -0.2) is 16.8 Å². The van der Waals surface area contributed by atoms with Crippen molar-refractivity contribution in [1.82, 2.24) is 4.98 Å². The summed E-state index contributed by atoms with van der Waals surface area (Å²) in [4.78, 5) is 37.4. The number of hydrogen-bond acceptors (Lipinski definition) is 3. The molecule has 1 heterocycles. The number of nitrogens with one attached hydrogen (secondary N) is 2. The highest BCUT2D eigenvalue weighted by molar-refractivity contribution is 6.04. The molecule has 4 N–H and O–H groups in total. The van der Waals surface area contributed by atoms with Gasteiger partial charge in [-0.3, -0.25) is 14.4 Å². The van der Waals surface area contributed by atoms with Gasteiger partial charge < -0.3 is 16.0 Å². The van der Waals surface area contributed by atoms with Gasteiger partial charge >= 0.3 is 0 Å². The minimum absolute atomic E-state index is 0.0921. The number of aromatic amines is 1. The minimum Gasteiger partial charge on any atom is -0.366 e. The fourth-order valence-electron chi connectivity index (χ4n) is 1.74. The molecule has 7 heteroatoms. The van der Waals surface area contributed by atoms with Gasteiger partial charge in [0.2, 0.25) is 0 Å². The highest BCUT2D eigenvalue weighted by Crippen LogP contribution is 2.15. The van der Waals surface area contributed by atoms with Gasteiger partial charge in [0.15, 0.2) is 5.43 Å². The highest BCUT2D eigenvalue weighted by atomic mass is 19.1. The zero-order valence-corrected chi connectivity index (χ0v) is 11.1. The number of primary amides is 1. The number of pyridine rings is 1. The fraction of sp³-hybridized carbons (Fsp3) is 0.0714. The van der Waals surface area contributed by atoms with Crippen molar-refractivity contribution in [2.75, 3.05) is 5.32 Å². The SMILES string of the molecule is Cc1cc(=O)c(C(=O)Nc2ccc(F)c(C(N)=O)c2)c[nH]1. The Labute approximate surface area is 118 Å². The number of benzene rings is 1. The first-order valence-corrected chi connectivity index (χ1v) is 5.98. The Morgan fingerprint density at radius 1 is 1.24 bits per heavy atom. The number of carbonyl (C=O) groups excluding carboxylic acids is 2. The minimum atomic E-state index is -0.947. The summed E-state index contributed by atoms with van der Waals surface area (Å²) < 4.78 is 13.3. The third-order valence-corrected chi connectivity index (χ3v) is 2.79. The van der Waals surface area contributed by atoms with E-state index in [-0.39, 0.29) is 16.8 Å². The molecule has 0 atom stereocenters. The summed E-state index contributed by atoms with van der Waals surface area (Å²) in [7, 11) is 0. The van der Waals surface area contributed by atoms with E-state index < -0.39 is 23.1 Å². The summed E-state index contributed by atoms with van der Waals surface area (Å²) in [6.07, 6.45) is 1.28. The maximum absolute atomic E-state index is 13.3. The molecule has 0 aliphatic rings. The molecule has 0 saturated carbocycles. The van der Waals surface area contributed by atoms with Crippen LogP contribution in [0.25, 0.3) is 0 Å². The zero-order chi connectivity index (χ0) is 15.6. The monoisotopic (exact) mass is 289 g/mol. The maximum atomic E-state index is 13.3. The van der Waals surface area contributed by atoms with Crippen LogP contribution < -0.4 is 16.5 Å². The van der Waals surface area contributed by atoms with Crippen LogP contribution in [0.15, 0.2) is 35.3 Å². The molecule has 2 aromatic rings. The smallest absolute Gasteiger partial charge is 0.261 e. The van der Waals surface area contributed by atoms with Gasteiger partial charge in [0.25, 0.3) is 11.8 Å². The lowest BCUT2D eigenvalue weighted by molar-refractivity contribution is 0.0992. The molecule has 6 nitrogen and oxygen atoms in total. The number of aromatic nitrogens is 1. The second kappa shape index (κ2) is 5.58. The number of halogens is 1. The summed E-state index contributed by atoms with van der Waals surface area (Å²) in [5.74, 6) is -2.40. The van der Waals surface area contributed by atoms with E-state index in [2.05, 4.69) is 10.3 Å². The van der Waals surface area contributed by atoms with Crippen molar-refractivity contribution in [1.29, 1.82) is 0 Å². The molecule has 2 amide bonds. The first-order chi connectivity index (χ1) is 9.88. The number of H-pyrrole nitrogens is 1. The highest BCUT2D eigenvalue weighted by Gasteiger charge is 2.13. The van der Waals surface area contributed by atoms with E-state index >= 15 is 0 Å². The van der Waals surface area contributed by atoms with E-state index in [1.807, 2.05) is 0 Å². The van der Waals surface area contributed by atoms with Gasteiger partial charge in [-0.1, -0.05) is 0 Å². The average molecular weight is 289 g/mol. The molecule has 2 rings (SSSR count). The summed E-state index contributed by atoms with van der Waals surface area (Å²) in [6, 6.07) is 4.67.